The van der Waals surface area contributed by atoms with Crippen LogP contribution in [-0.2, 0) is 4.74 Å². The van der Waals surface area contributed by atoms with Gasteiger partial charge < -0.3 is 15.4 Å². The maximum atomic E-state index is 5.68. The van der Waals surface area contributed by atoms with Crippen molar-refractivity contribution in [3.8, 4) is 0 Å². The molecule has 0 saturated carbocycles. The summed E-state index contributed by atoms with van der Waals surface area (Å²) < 4.78 is 5.33. The predicted octanol–water partition coefficient (Wildman–Crippen LogP) is 0.980. The van der Waals surface area contributed by atoms with E-state index in [2.05, 4.69) is 22.9 Å². The Bertz CT molecular complexity index is 337. The molecular weight excluding hydrogens is 202 g/mol. The van der Waals surface area contributed by atoms with Gasteiger partial charge in [0.05, 0.1) is 13.2 Å². The molecule has 0 spiro atoms. The van der Waals surface area contributed by atoms with Gasteiger partial charge in [-0.25, -0.2) is 4.98 Å². The molecule has 88 valence electrons. The summed E-state index contributed by atoms with van der Waals surface area (Å²) in [5.41, 5.74) is 6.94. The van der Waals surface area contributed by atoms with Crippen molar-refractivity contribution >= 4 is 5.82 Å². The van der Waals surface area contributed by atoms with Gasteiger partial charge in [0.25, 0.3) is 0 Å². The zero-order valence-corrected chi connectivity index (χ0v) is 9.72. The number of nitrogens with two attached hydrogens (primary N) is 1. The van der Waals surface area contributed by atoms with Crippen molar-refractivity contribution in [1.82, 2.24) is 4.98 Å². The highest BCUT2D eigenvalue weighted by Crippen LogP contribution is 2.19. The normalized spacial score (nSPS) is 18.5. The number of hydrogen-bond donors (Lipinski definition) is 1. The van der Waals surface area contributed by atoms with Crippen LogP contribution in [0.1, 0.15) is 18.4 Å². The summed E-state index contributed by atoms with van der Waals surface area (Å²) in [7, 11) is 0. The second-order valence-electron chi connectivity index (χ2n) is 4.18. The molecule has 2 heterocycles. The van der Waals surface area contributed by atoms with Crippen molar-refractivity contribution in [1.29, 1.82) is 0 Å². The maximum absolute atomic E-state index is 5.68. The highest BCUT2D eigenvalue weighted by Gasteiger charge is 2.13. The van der Waals surface area contributed by atoms with Crippen molar-refractivity contribution in [2.24, 2.45) is 5.73 Å². The van der Waals surface area contributed by atoms with Crippen LogP contribution in [0.5, 0.6) is 0 Å². The van der Waals surface area contributed by atoms with E-state index in [1.165, 1.54) is 5.56 Å². The second kappa shape index (κ2) is 5.27. The predicted molar refractivity (Wildman–Crippen MR) is 64.7 cm³/mol. The Morgan fingerprint density at radius 1 is 1.50 bits per heavy atom. The summed E-state index contributed by atoms with van der Waals surface area (Å²) >= 11 is 0. The van der Waals surface area contributed by atoms with Crippen molar-refractivity contribution in [2.75, 3.05) is 37.7 Å². The molecule has 0 amide bonds. The van der Waals surface area contributed by atoms with Crippen LogP contribution in [0, 0.1) is 0 Å². The molecule has 4 nitrogen and oxygen atoms in total. The quantitative estimate of drug-likeness (QED) is 0.826. The molecule has 1 aromatic heterocycles. The summed E-state index contributed by atoms with van der Waals surface area (Å²) in [6.07, 6.45) is 1.87. The number of ether oxygens (including phenoxy) is 1. The SMILES string of the molecule is CC(CN)c1ccnc(N2CCOCC2)c1. The zero-order valence-electron chi connectivity index (χ0n) is 9.72. The summed E-state index contributed by atoms with van der Waals surface area (Å²) in [6, 6.07) is 4.18. The van der Waals surface area contributed by atoms with Gasteiger partial charge in [-0.05, 0) is 30.2 Å². The Morgan fingerprint density at radius 2 is 2.25 bits per heavy atom. The van der Waals surface area contributed by atoms with Gasteiger partial charge in [0.15, 0.2) is 0 Å². The Labute approximate surface area is 96.4 Å². The molecular formula is C12H19N3O. The van der Waals surface area contributed by atoms with Crippen molar-refractivity contribution in [3.05, 3.63) is 23.9 Å². The molecule has 0 aliphatic carbocycles. The lowest BCUT2D eigenvalue weighted by Crippen LogP contribution is -2.36. The fraction of sp³-hybridized carbons (Fsp3) is 0.583. The molecule has 16 heavy (non-hydrogen) atoms. The standard InChI is InChI=1S/C12H19N3O/c1-10(9-13)11-2-3-14-12(8-11)15-4-6-16-7-5-15/h2-3,8,10H,4-7,9,13H2,1H3. The largest absolute Gasteiger partial charge is 0.378 e. The minimum Gasteiger partial charge on any atom is -0.378 e. The van der Waals surface area contributed by atoms with Gasteiger partial charge in [-0.1, -0.05) is 6.92 Å². The van der Waals surface area contributed by atoms with E-state index in [1.54, 1.807) is 0 Å². The molecule has 2 rings (SSSR count). The van der Waals surface area contributed by atoms with Gasteiger partial charge in [-0.2, -0.15) is 0 Å². The van der Waals surface area contributed by atoms with Crippen molar-refractivity contribution < 1.29 is 4.74 Å². The lowest BCUT2D eigenvalue weighted by molar-refractivity contribution is 0.122. The van der Waals surface area contributed by atoms with Gasteiger partial charge in [-0.15, -0.1) is 0 Å². The zero-order chi connectivity index (χ0) is 11.4. The first-order valence-corrected chi connectivity index (χ1v) is 5.80. The molecule has 1 saturated heterocycles. The highest BCUT2D eigenvalue weighted by molar-refractivity contribution is 5.42. The monoisotopic (exact) mass is 221 g/mol. The van der Waals surface area contributed by atoms with E-state index >= 15 is 0 Å². The fourth-order valence-corrected chi connectivity index (χ4v) is 1.84. The molecule has 1 unspecified atom stereocenters. The summed E-state index contributed by atoms with van der Waals surface area (Å²) in [4.78, 5) is 6.67. The summed E-state index contributed by atoms with van der Waals surface area (Å²) in [5.74, 6) is 1.43. The lowest BCUT2D eigenvalue weighted by atomic mass is 10.0. The highest BCUT2D eigenvalue weighted by atomic mass is 16.5. The molecule has 2 N–H and O–H groups in total. The molecule has 0 radical (unpaired) electrons. The number of pyridine rings is 1. The van der Waals surface area contributed by atoms with Gasteiger partial charge in [0.2, 0.25) is 0 Å². The van der Waals surface area contributed by atoms with Crippen LogP contribution in [0.15, 0.2) is 18.3 Å². The molecule has 1 aliphatic rings. The van der Waals surface area contributed by atoms with Crippen LogP contribution in [0.25, 0.3) is 0 Å². The summed E-state index contributed by atoms with van der Waals surface area (Å²) in [5, 5.41) is 0. The first-order chi connectivity index (χ1) is 7.81. The van der Waals surface area contributed by atoms with Crippen molar-refractivity contribution in [2.45, 2.75) is 12.8 Å². The number of hydrogen-bond acceptors (Lipinski definition) is 4. The second-order valence-corrected chi connectivity index (χ2v) is 4.18. The third kappa shape index (κ3) is 2.51. The fourth-order valence-electron chi connectivity index (χ4n) is 1.84. The first kappa shape index (κ1) is 11.4. The maximum Gasteiger partial charge on any atom is 0.128 e. The third-order valence-electron chi connectivity index (χ3n) is 3.03. The average molecular weight is 221 g/mol. The molecule has 1 atom stereocenters. The van der Waals surface area contributed by atoms with Crippen LogP contribution < -0.4 is 10.6 Å². The number of morpholine rings is 1. The molecule has 0 bridgehead atoms. The molecule has 1 fully saturated rings. The number of anilines is 1. The number of nitrogens with zero attached hydrogens (tertiary/aromatic N) is 2. The number of rotatable bonds is 3. The van der Waals surface area contributed by atoms with Crippen LogP contribution in [-0.4, -0.2) is 37.8 Å². The lowest BCUT2D eigenvalue weighted by Gasteiger charge is -2.28. The van der Waals surface area contributed by atoms with Gasteiger partial charge in [0.1, 0.15) is 5.82 Å². The minimum absolute atomic E-state index is 0.391. The van der Waals surface area contributed by atoms with Crippen LogP contribution >= 0.6 is 0 Å². The van der Waals surface area contributed by atoms with E-state index in [-0.39, 0.29) is 0 Å². The Balaban J connectivity index is 2.14. The molecule has 1 aliphatic heterocycles. The Kier molecular flexibility index (Phi) is 3.74. The molecule has 4 heteroatoms. The van der Waals surface area contributed by atoms with Gasteiger partial charge >= 0.3 is 0 Å². The van der Waals surface area contributed by atoms with Crippen LogP contribution in [0.2, 0.25) is 0 Å². The Hall–Kier alpha value is -1.13. The van der Waals surface area contributed by atoms with E-state index in [0.29, 0.717) is 12.5 Å². The van der Waals surface area contributed by atoms with Gasteiger partial charge in [0, 0.05) is 19.3 Å². The third-order valence-corrected chi connectivity index (χ3v) is 3.03. The Morgan fingerprint density at radius 3 is 2.94 bits per heavy atom. The van der Waals surface area contributed by atoms with E-state index in [9.17, 15) is 0 Å². The molecule has 0 aromatic carbocycles. The van der Waals surface area contributed by atoms with E-state index in [1.807, 2.05) is 12.3 Å². The van der Waals surface area contributed by atoms with E-state index < -0.39 is 0 Å². The van der Waals surface area contributed by atoms with Crippen LogP contribution in [0.3, 0.4) is 0 Å². The smallest absolute Gasteiger partial charge is 0.128 e. The van der Waals surface area contributed by atoms with Crippen molar-refractivity contribution in [3.63, 3.8) is 0 Å². The first-order valence-electron chi connectivity index (χ1n) is 5.80. The van der Waals surface area contributed by atoms with E-state index in [4.69, 9.17) is 10.5 Å². The van der Waals surface area contributed by atoms with Crippen LogP contribution in [0.4, 0.5) is 5.82 Å². The topological polar surface area (TPSA) is 51.4 Å². The minimum atomic E-state index is 0.391. The average Bonchev–Trinajstić information content (AvgIpc) is 2.39. The molecule has 1 aromatic rings. The van der Waals surface area contributed by atoms with E-state index in [0.717, 1.165) is 32.1 Å². The van der Waals surface area contributed by atoms with Gasteiger partial charge in [-0.3, -0.25) is 0 Å². The summed E-state index contributed by atoms with van der Waals surface area (Å²) in [6.45, 7) is 6.24. The number of aromatic nitrogens is 1.